The minimum absolute atomic E-state index is 0.0448. The van der Waals surface area contributed by atoms with Gasteiger partial charge in [-0.2, -0.15) is 0 Å². The number of aliphatic carboxylic acids is 2. The maximum absolute atomic E-state index is 14.2. The van der Waals surface area contributed by atoms with Gasteiger partial charge >= 0.3 is 374 Å². The summed E-state index contributed by atoms with van der Waals surface area (Å²) in [4.78, 5) is 159. The summed E-state index contributed by atoms with van der Waals surface area (Å²) in [5.74, 6) is -13.9. The number of hydrogen-bond acceptors (Lipinski definition) is 41. The number of amides is 5. The molecule has 7 aliphatic heterocycles. The molecule has 7 aliphatic rings. The van der Waals surface area contributed by atoms with E-state index in [1.165, 1.54) is 86.5 Å². The van der Waals surface area contributed by atoms with E-state index in [1.54, 1.807) is 13.0 Å². The molecule has 5 aromatic rings. The normalized spacial score (nSPS) is 28.8. The predicted octanol–water partition coefficient (Wildman–Crippen LogP) is 3.04. The number of aromatic hydroxyl groups is 2. The van der Waals surface area contributed by atoms with Gasteiger partial charge in [-0.1, -0.05) is 55.4 Å². The summed E-state index contributed by atoms with van der Waals surface area (Å²) in [6.45, 7) is 17.9. The summed E-state index contributed by atoms with van der Waals surface area (Å²) in [5.41, 5.74) is 12.9. The van der Waals surface area contributed by atoms with Crippen molar-refractivity contribution in [3.8, 4) is 28.7 Å². The Labute approximate surface area is 846 Å². The number of carbonyl (C=O) groups is 9. The second-order valence-electron chi connectivity index (χ2n) is 38.0. The number of esters is 1. The van der Waals surface area contributed by atoms with Crippen molar-refractivity contribution >= 4 is 67.3 Å². The Morgan fingerprint density at radius 3 is 1.91 bits per heavy atom. The Kier molecular flexibility index (Phi) is 38.3. The number of aliphatic hydroxyl groups excluding tert-OH is 9. The summed E-state index contributed by atoms with van der Waals surface area (Å²) in [7, 11) is -5.95. The van der Waals surface area contributed by atoms with Crippen LogP contribution in [-0.4, -0.2) is 324 Å². The third kappa shape index (κ3) is 27.3. The van der Waals surface area contributed by atoms with E-state index in [9.17, 15) is 129 Å². The summed E-state index contributed by atoms with van der Waals surface area (Å²) in [6.07, 6.45) is -36.4. The molecule has 0 bridgehead atoms. The van der Waals surface area contributed by atoms with Crippen LogP contribution in [0.5, 0.6) is 23.0 Å². The van der Waals surface area contributed by atoms with Crippen molar-refractivity contribution in [2.24, 2.45) is 28.7 Å². The van der Waals surface area contributed by atoms with Gasteiger partial charge in [0.05, 0.1) is 22.6 Å². The molecule has 0 saturated carbocycles. The van der Waals surface area contributed by atoms with Gasteiger partial charge < -0.3 is 75.5 Å². The molecule has 0 radical (unpaired) electrons. The molecule has 8 heterocycles. The quantitative estimate of drug-likeness (QED) is 0.00506. The molecule has 148 heavy (non-hydrogen) atoms. The van der Waals surface area contributed by atoms with Crippen LogP contribution in [0.4, 0.5) is 10.5 Å². The number of phenolic OH excluding ortho intramolecular Hbond substituents is 2. The number of ketones is 1. The Bertz CT molecular complexity index is 5760. The van der Waals surface area contributed by atoms with Crippen LogP contribution < -0.4 is 32.2 Å². The number of benzene rings is 4. The molecule has 4 aromatic carbocycles. The van der Waals surface area contributed by atoms with Gasteiger partial charge in [0.2, 0.25) is 11.6 Å². The molecule has 12 rings (SSSR count). The van der Waals surface area contributed by atoms with Crippen LogP contribution in [0.25, 0.3) is 5.69 Å². The summed E-state index contributed by atoms with van der Waals surface area (Å²) < 4.78 is 90.3. The molecule has 810 valence electrons. The number of carboxylic acid groups (broad SMARTS) is 2. The number of fused-ring (bicyclic) bond motifs is 6. The van der Waals surface area contributed by atoms with Crippen molar-refractivity contribution in [1.29, 1.82) is 0 Å². The van der Waals surface area contributed by atoms with Crippen molar-refractivity contribution in [2.45, 2.75) is 280 Å². The van der Waals surface area contributed by atoms with Gasteiger partial charge in [0.15, 0.2) is 17.7 Å². The van der Waals surface area contributed by atoms with Gasteiger partial charge in [0, 0.05) is 60.0 Å². The SMILES string of the molecule is C=C(C/C=C(\C)CCC=C(C)C)CCC(C)(C)/C=C/CC/C(C)=C\CO[C@H](CO[PH](O)(O)OC1OC(C(N)=O)C(C)C(OC(N)=O)C1OC1OC(OC2OC(CO)C(O)C(O)C2O)C(OC2OC(C)C(OC3OC(c4nc(C(=O)CCC(=O)O)nn4-c4ccc([N+](=O)[O-])c(C(=O)NCCNC(=O)c5ccc6c(c5)C(=O)OC65c6ccc(O)cc6Oc6cc(O)ccc65)c4)C(O)C(O)C3O)C(O)C2C)C(O)C1NC(C)=O)C(=O)O. The molecule has 50 nitrogen and oxygen atoms in total. The van der Waals surface area contributed by atoms with E-state index in [0.717, 1.165) is 73.1 Å². The zero-order valence-electron chi connectivity index (χ0n) is 82.2. The molecule has 51 heteroatoms. The number of carboxylic acids is 2. The van der Waals surface area contributed by atoms with Gasteiger partial charge in [-0.15, -0.1) is 5.10 Å². The number of nitrogens with two attached hydrogens (primary N) is 2. The number of nitro groups is 1. The number of aliphatic hydroxyl groups is 9. The fourth-order valence-corrected chi connectivity index (χ4v) is 18.7. The summed E-state index contributed by atoms with van der Waals surface area (Å²) >= 11 is 0. The van der Waals surface area contributed by atoms with Crippen LogP contribution >= 0.6 is 8.17 Å². The molecule has 5 fully saturated rings. The molecule has 1 aromatic heterocycles. The van der Waals surface area contributed by atoms with Crippen LogP contribution in [0.15, 0.2) is 132 Å². The number of phenols is 2. The zero-order chi connectivity index (χ0) is 108. The number of nitrogens with one attached hydrogen (secondary N) is 3. The number of Topliss-reactive ketones (excluding diaryl/α,β-unsaturated/α-hetero) is 1. The molecular weight excluding hydrogens is 1980 g/mol. The number of ether oxygens (including phenoxy) is 13. The molecule has 5 amide bonds. The number of nitrogens with zero attached hydrogens (tertiary/aromatic N) is 4. The molecular formula is C97H126N9O41P. The Hall–Kier alpha value is -11.7. The molecule has 25 unspecified atom stereocenters. The van der Waals surface area contributed by atoms with Gasteiger partial charge in [0.25, 0.3) is 17.5 Å². The number of aromatic nitrogens is 3. The average molecular weight is 2110 g/mol. The van der Waals surface area contributed by atoms with E-state index < -0.39 is 287 Å². The standard InChI is InChI=1S/C97H126N9O41P/c1-43(2)15-14-17-44(3)18-19-46(5)30-33-96(10,11)32-13-12-16-45(4)31-36-133-65(87(125)126)42-134-148(131,132)147-94-81(76(143-95(99)128)48(7)77(138-94)82(98)122)142-90-67(102-50(9)108)70(116)80(93(144-90)145-91-74(120)71(117)69(115)64(41-107)137-91)141-89-47(6)68(114)78(49(8)135-89)139-92-75(121)72(118)73(119)79(140-92)84-103-83(61(111)28-29-66(112)113)104-105(84)52-21-27-60(106(129)130)56(38-52)86(124)101-35-34-100-85(123)51-20-24-57-55(37-51)88(127)146-97(57)58-25-22-53(109)39-62(58)136-63-40-54(110)23-26-59(63)97/h13,15,18,20-27,31-32,37-40,47-49,64-65,67-81,89-94,107,109-110,114-121,131-132,148H,5,12,14,16-17,19,28-30,33-36,41-42H2,1-4,6-11H3,(H2,98,122)(H2,99,128)(H,100,123)(H,101,124)(H,102,108)(H,112,113)(H,125,126)/b32-13+,44-18+,45-31-/t47?,48?,49?,64?,65-,67?,68?,69?,70?,71?,72?,73?,74?,75?,76?,77?,78?,79?,80?,81?,89?,90?,91?,92?,93?,94?/m1/s1. The van der Waals surface area contributed by atoms with Crippen molar-refractivity contribution in [1.82, 2.24) is 30.7 Å². The summed E-state index contributed by atoms with van der Waals surface area (Å²) in [6, 6.07) is 13.0. The second-order valence-corrected chi connectivity index (χ2v) is 39.6. The number of allylic oxidation sites excluding steroid dienone is 8. The van der Waals surface area contributed by atoms with Gasteiger partial charge in [0.1, 0.15) is 59.1 Å². The minimum atomic E-state index is -5.95. The van der Waals surface area contributed by atoms with Gasteiger partial charge in [-0.25, -0.2) is 14.5 Å². The molecule has 26 atom stereocenters. The number of nitro benzene ring substituents is 1. The van der Waals surface area contributed by atoms with Crippen molar-refractivity contribution < 1.29 is 195 Å². The van der Waals surface area contributed by atoms with E-state index in [-0.39, 0.29) is 63.9 Å². The van der Waals surface area contributed by atoms with Crippen LogP contribution in [0, 0.1) is 27.4 Å². The Morgan fingerprint density at radius 2 is 1.28 bits per heavy atom. The van der Waals surface area contributed by atoms with Crippen molar-refractivity contribution in [3.05, 3.63) is 187 Å². The topological polar surface area (TPSA) is 758 Å². The number of primary amides is 2. The Balaban J connectivity index is 0.741. The predicted molar refractivity (Wildman–Crippen MR) is 509 cm³/mol. The monoisotopic (exact) mass is 2100 g/mol. The van der Waals surface area contributed by atoms with Crippen LogP contribution in [0.2, 0.25) is 0 Å². The second kappa shape index (κ2) is 49.4. The van der Waals surface area contributed by atoms with E-state index >= 15 is 0 Å². The first kappa shape index (κ1) is 115. The number of carbonyl (C=O) groups excluding carboxylic acids is 7. The van der Waals surface area contributed by atoms with Crippen molar-refractivity contribution in [3.63, 3.8) is 0 Å². The van der Waals surface area contributed by atoms with Crippen LogP contribution in [-0.2, 0) is 90.7 Å². The van der Waals surface area contributed by atoms with E-state index in [2.05, 4.69) is 85.5 Å². The number of hydrogen-bond donors (Lipinski definition) is 20. The number of rotatable bonds is 45. The fraction of sp³-hybridized carbons (Fsp3) is 0.536. The molecule has 5 saturated heterocycles. The first-order valence-electron chi connectivity index (χ1n) is 47.5. The van der Waals surface area contributed by atoms with Crippen molar-refractivity contribution in [2.75, 3.05) is 32.9 Å². The summed E-state index contributed by atoms with van der Waals surface area (Å²) in [5, 5.41) is 169. The molecule has 22 N–H and O–H groups in total. The maximum atomic E-state index is 14.2. The first-order chi connectivity index (χ1) is 69.8. The fourth-order valence-electron chi connectivity index (χ4n) is 17.8. The Morgan fingerprint density at radius 1 is 0.655 bits per heavy atom. The third-order valence-corrected chi connectivity index (χ3v) is 27.1. The van der Waals surface area contributed by atoms with Gasteiger partial charge in [-0.05, 0) is 108 Å². The van der Waals surface area contributed by atoms with E-state index in [0.29, 0.717) is 24.0 Å². The van der Waals surface area contributed by atoms with Crippen LogP contribution in [0.3, 0.4) is 0 Å². The third-order valence-electron chi connectivity index (χ3n) is 26.0. The molecule has 0 aliphatic carbocycles. The molecule has 1 spiro atoms. The van der Waals surface area contributed by atoms with E-state index in [4.69, 9.17) is 82.1 Å². The van der Waals surface area contributed by atoms with E-state index in [1.807, 2.05) is 6.08 Å². The van der Waals surface area contributed by atoms with Gasteiger partial charge in [-0.3, -0.25) is 29.3 Å². The zero-order valence-corrected chi connectivity index (χ0v) is 83.2. The average Bonchev–Trinajstić information content (AvgIpc) is 1.52. The van der Waals surface area contributed by atoms with Crippen LogP contribution in [0.1, 0.15) is 197 Å². The first-order valence-corrected chi connectivity index (χ1v) is 49.2.